The van der Waals surface area contributed by atoms with Gasteiger partial charge in [-0.25, -0.2) is 0 Å². The van der Waals surface area contributed by atoms with Crippen LogP contribution < -0.4 is 10.1 Å². The Morgan fingerprint density at radius 1 is 1.28 bits per heavy atom. The van der Waals surface area contributed by atoms with E-state index in [1.807, 2.05) is 24.3 Å². The number of nitrogens with zero attached hydrogens (tertiary/aromatic N) is 1. The maximum atomic E-state index is 11.6. The molecule has 0 spiro atoms. The van der Waals surface area contributed by atoms with Crippen molar-refractivity contribution in [2.45, 2.75) is 6.42 Å². The van der Waals surface area contributed by atoms with E-state index in [4.69, 9.17) is 4.74 Å². The van der Waals surface area contributed by atoms with E-state index in [9.17, 15) is 9.59 Å². The average Bonchev–Trinajstić information content (AvgIpc) is 2.38. The van der Waals surface area contributed by atoms with Crippen molar-refractivity contribution >= 4 is 11.8 Å². The second-order valence-electron chi connectivity index (χ2n) is 4.14. The van der Waals surface area contributed by atoms with Gasteiger partial charge in [0.2, 0.25) is 11.8 Å². The number of methoxy groups -OCH3 is 1. The molecular formula is C13H16N2O3. The second kappa shape index (κ2) is 5.64. The van der Waals surface area contributed by atoms with Crippen LogP contribution in [0.5, 0.6) is 5.75 Å². The van der Waals surface area contributed by atoms with Gasteiger partial charge in [-0.2, -0.15) is 0 Å². The zero-order chi connectivity index (χ0) is 13.0. The number of benzene rings is 1. The molecule has 18 heavy (non-hydrogen) atoms. The highest BCUT2D eigenvalue weighted by molar-refractivity contribution is 5.99. The Bertz CT molecular complexity index is 443. The molecule has 2 amide bonds. The van der Waals surface area contributed by atoms with Crippen LogP contribution in [-0.4, -0.2) is 43.5 Å². The Morgan fingerprint density at radius 3 is 2.67 bits per heavy atom. The first-order chi connectivity index (χ1) is 8.70. The highest BCUT2D eigenvalue weighted by Gasteiger charge is 2.24. The van der Waals surface area contributed by atoms with Gasteiger partial charge in [-0.1, -0.05) is 12.1 Å². The molecular weight excluding hydrogens is 232 g/mol. The highest BCUT2D eigenvalue weighted by Crippen LogP contribution is 2.13. The summed E-state index contributed by atoms with van der Waals surface area (Å²) in [6.45, 7) is 0.903. The lowest BCUT2D eigenvalue weighted by atomic mass is 10.1. The lowest BCUT2D eigenvalue weighted by Crippen LogP contribution is -2.52. The lowest BCUT2D eigenvalue weighted by molar-refractivity contribution is -0.146. The minimum Gasteiger partial charge on any atom is -0.497 e. The van der Waals surface area contributed by atoms with Crippen LogP contribution in [0.1, 0.15) is 5.56 Å². The Hall–Kier alpha value is -1.88. The quantitative estimate of drug-likeness (QED) is 0.773. The number of carbonyl (C=O) groups excluding carboxylic acids is 2. The van der Waals surface area contributed by atoms with E-state index in [-0.39, 0.29) is 24.9 Å². The molecule has 2 rings (SSSR count). The number of piperazine rings is 1. The van der Waals surface area contributed by atoms with Gasteiger partial charge in [0.1, 0.15) is 5.75 Å². The van der Waals surface area contributed by atoms with Gasteiger partial charge in [-0.05, 0) is 24.1 Å². The van der Waals surface area contributed by atoms with E-state index in [0.29, 0.717) is 13.0 Å². The van der Waals surface area contributed by atoms with Gasteiger partial charge < -0.3 is 4.74 Å². The maximum Gasteiger partial charge on any atom is 0.243 e. The van der Waals surface area contributed by atoms with E-state index in [1.165, 1.54) is 4.90 Å². The van der Waals surface area contributed by atoms with Gasteiger partial charge in [-0.15, -0.1) is 0 Å². The molecule has 1 aliphatic heterocycles. The van der Waals surface area contributed by atoms with Gasteiger partial charge >= 0.3 is 0 Å². The number of ether oxygens (including phenoxy) is 1. The molecule has 1 fully saturated rings. The number of imide groups is 1. The largest absolute Gasteiger partial charge is 0.497 e. The van der Waals surface area contributed by atoms with Crippen LogP contribution in [0.2, 0.25) is 0 Å². The second-order valence-corrected chi connectivity index (χ2v) is 4.14. The lowest BCUT2D eigenvalue weighted by Gasteiger charge is -2.25. The van der Waals surface area contributed by atoms with Crippen molar-refractivity contribution in [2.24, 2.45) is 0 Å². The summed E-state index contributed by atoms with van der Waals surface area (Å²) in [5, 5.41) is 2.77. The van der Waals surface area contributed by atoms with Crippen LogP contribution in [0.4, 0.5) is 0 Å². The smallest absolute Gasteiger partial charge is 0.243 e. The molecule has 96 valence electrons. The van der Waals surface area contributed by atoms with Crippen LogP contribution in [0.15, 0.2) is 24.3 Å². The first-order valence-electron chi connectivity index (χ1n) is 5.87. The number of amides is 2. The fraction of sp³-hybridized carbons (Fsp3) is 0.385. The van der Waals surface area contributed by atoms with Gasteiger partial charge in [-0.3, -0.25) is 19.8 Å². The summed E-state index contributed by atoms with van der Waals surface area (Å²) in [6, 6.07) is 7.64. The zero-order valence-corrected chi connectivity index (χ0v) is 10.3. The van der Waals surface area contributed by atoms with Crippen LogP contribution in [0, 0.1) is 0 Å². The van der Waals surface area contributed by atoms with Crippen molar-refractivity contribution in [1.29, 1.82) is 0 Å². The monoisotopic (exact) mass is 248 g/mol. The molecule has 5 nitrogen and oxygen atoms in total. The third kappa shape index (κ3) is 2.87. The van der Waals surface area contributed by atoms with Crippen molar-refractivity contribution in [3.63, 3.8) is 0 Å². The standard InChI is InChI=1S/C13H16N2O3/c1-18-11-4-2-3-10(7-11)5-6-15-12(16)8-14-9-13(15)17/h2-4,7,14H,5-6,8-9H2,1H3. The van der Waals surface area contributed by atoms with E-state index in [1.54, 1.807) is 7.11 Å². The van der Waals surface area contributed by atoms with Crippen molar-refractivity contribution in [1.82, 2.24) is 10.2 Å². The number of hydrogen-bond donors (Lipinski definition) is 1. The molecule has 1 aromatic rings. The van der Waals surface area contributed by atoms with Crippen LogP contribution in [0.25, 0.3) is 0 Å². The van der Waals surface area contributed by atoms with Crippen molar-refractivity contribution in [2.75, 3.05) is 26.7 Å². The van der Waals surface area contributed by atoms with E-state index in [0.717, 1.165) is 11.3 Å². The molecule has 0 bridgehead atoms. The van der Waals surface area contributed by atoms with Crippen LogP contribution >= 0.6 is 0 Å². The average molecular weight is 248 g/mol. The molecule has 0 unspecified atom stereocenters. The highest BCUT2D eigenvalue weighted by atomic mass is 16.5. The first-order valence-corrected chi connectivity index (χ1v) is 5.87. The molecule has 1 aliphatic rings. The summed E-state index contributed by atoms with van der Waals surface area (Å²) in [6.07, 6.45) is 0.648. The van der Waals surface area contributed by atoms with Gasteiger partial charge in [0, 0.05) is 6.54 Å². The molecule has 1 heterocycles. The topological polar surface area (TPSA) is 58.6 Å². The Morgan fingerprint density at radius 2 is 2.00 bits per heavy atom. The summed E-state index contributed by atoms with van der Waals surface area (Å²) < 4.78 is 5.13. The third-order valence-corrected chi connectivity index (χ3v) is 2.91. The maximum absolute atomic E-state index is 11.6. The minimum atomic E-state index is -0.158. The molecule has 1 N–H and O–H groups in total. The van der Waals surface area contributed by atoms with E-state index >= 15 is 0 Å². The van der Waals surface area contributed by atoms with E-state index < -0.39 is 0 Å². The fourth-order valence-corrected chi connectivity index (χ4v) is 1.92. The van der Waals surface area contributed by atoms with Crippen molar-refractivity contribution in [3.05, 3.63) is 29.8 Å². The number of rotatable bonds is 4. The van der Waals surface area contributed by atoms with Crippen molar-refractivity contribution in [3.8, 4) is 5.75 Å². The predicted molar refractivity (Wildman–Crippen MR) is 66.3 cm³/mol. The number of nitrogens with one attached hydrogen (secondary N) is 1. The molecule has 0 atom stereocenters. The fourth-order valence-electron chi connectivity index (χ4n) is 1.92. The normalized spacial score (nSPS) is 15.9. The number of hydrogen-bond acceptors (Lipinski definition) is 4. The summed E-state index contributed by atoms with van der Waals surface area (Å²) in [7, 11) is 1.61. The molecule has 5 heteroatoms. The molecule has 0 saturated carbocycles. The molecule has 0 aliphatic carbocycles. The minimum absolute atomic E-state index is 0.158. The van der Waals surface area contributed by atoms with Crippen molar-refractivity contribution < 1.29 is 14.3 Å². The van der Waals surface area contributed by atoms with Gasteiger partial charge in [0.25, 0.3) is 0 Å². The summed E-state index contributed by atoms with van der Waals surface area (Å²) in [4.78, 5) is 24.4. The SMILES string of the molecule is COc1cccc(CCN2C(=O)CNCC2=O)c1. The summed E-state index contributed by atoms with van der Waals surface area (Å²) in [5.74, 6) is 0.466. The van der Waals surface area contributed by atoms with Crippen LogP contribution in [0.3, 0.4) is 0 Å². The van der Waals surface area contributed by atoms with E-state index in [2.05, 4.69) is 5.32 Å². The Labute approximate surface area is 106 Å². The van der Waals surface area contributed by atoms with Crippen LogP contribution in [-0.2, 0) is 16.0 Å². The molecule has 1 saturated heterocycles. The Balaban J connectivity index is 1.97. The summed E-state index contributed by atoms with van der Waals surface area (Å²) in [5.41, 5.74) is 1.05. The summed E-state index contributed by atoms with van der Waals surface area (Å²) >= 11 is 0. The predicted octanol–water partition coefficient (Wildman–Crippen LogP) is 0.196. The molecule has 0 radical (unpaired) electrons. The third-order valence-electron chi connectivity index (χ3n) is 2.91. The zero-order valence-electron chi connectivity index (χ0n) is 10.3. The molecule has 1 aromatic carbocycles. The van der Waals surface area contributed by atoms with Gasteiger partial charge in [0.05, 0.1) is 20.2 Å². The first kappa shape index (κ1) is 12.6. The number of carbonyl (C=O) groups is 2. The Kier molecular flexibility index (Phi) is 3.94. The van der Waals surface area contributed by atoms with Gasteiger partial charge in [0.15, 0.2) is 0 Å². The molecule has 0 aromatic heterocycles.